The van der Waals surface area contributed by atoms with Gasteiger partial charge in [0.1, 0.15) is 18.5 Å². The fourth-order valence-corrected chi connectivity index (χ4v) is 2.05. The largest absolute Gasteiger partial charge is 0.491 e. The zero-order valence-electron chi connectivity index (χ0n) is 8.66. The highest BCUT2D eigenvalue weighted by Gasteiger charge is 2.38. The molecule has 1 fully saturated rings. The summed E-state index contributed by atoms with van der Waals surface area (Å²) in [5, 5.41) is 0. The highest BCUT2D eigenvalue weighted by molar-refractivity contribution is 9.13. The maximum Gasteiger partial charge on any atom is 0.120 e. The maximum atomic E-state index is 5.63. The van der Waals surface area contributed by atoms with E-state index >= 15 is 0 Å². The molecule has 0 amide bonds. The Morgan fingerprint density at radius 3 is 2.81 bits per heavy atom. The van der Waals surface area contributed by atoms with Gasteiger partial charge in [-0.1, -0.05) is 6.08 Å². The SMILES string of the molecule is C=CCC1OC1COc1ccc(Br)c(Br)c1. The van der Waals surface area contributed by atoms with Crippen molar-refractivity contribution >= 4 is 31.9 Å². The Kier molecular flexibility index (Phi) is 4.05. The summed E-state index contributed by atoms with van der Waals surface area (Å²) >= 11 is 6.85. The molecule has 0 aromatic heterocycles. The predicted octanol–water partition coefficient (Wildman–Crippen LogP) is 3.93. The van der Waals surface area contributed by atoms with Gasteiger partial charge in [0, 0.05) is 8.95 Å². The Labute approximate surface area is 112 Å². The summed E-state index contributed by atoms with van der Waals surface area (Å²) in [6, 6.07) is 5.82. The van der Waals surface area contributed by atoms with E-state index in [0.717, 1.165) is 21.1 Å². The van der Waals surface area contributed by atoms with Gasteiger partial charge in [0.2, 0.25) is 0 Å². The Balaban J connectivity index is 1.82. The van der Waals surface area contributed by atoms with Gasteiger partial charge in [-0.15, -0.1) is 6.58 Å². The second-order valence-electron chi connectivity index (χ2n) is 3.62. The molecule has 0 spiro atoms. The Hall–Kier alpha value is -0.320. The molecule has 1 aliphatic rings. The van der Waals surface area contributed by atoms with Crippen LogP contribution in [0.25, 0.3) is 0 Å². The molecular weight excluding hydrogens is 336 g/mol. The number of rotatable bonds is 5. The van der Waals surface area contributed by atoms with Gasteiger partial charge in [-0.05, 0) is 56.5 Å². The second kappa shape index (κ2) is 5.34. The summed E-state index contributed by atoms with van der Waals surface area (Å²) in [5.41, 5.74) is 0. The third-order valence-electron chi connectivity index (χ3n) is 2.39. The van der Waals surface area contributed by atoms with E-state index in [1.54, 1.807) is 0 Å². The van der Waals surface area contributed by atoms with Gasteiger partial charge in [0.05, 0.1) is 6.10 Å². The topological polar surface area (TPSA) is 21.8 Å². The molecule has 0 N–H and O–H groups in total. The molecule has 2 atom stereocenters. The van der Waals surface area contributed by atoms with Crippen molar-refractivity contribution in [3.63, 3.8) is 0 Å². The van der Waals surface area contributed by atoms with E-state index in [2.05, 4.69) is 38.4 Å². The van der Waals surface area contributed by atoms with E-state index in [1.165, 1.54) is 0 Å². The number of hydrogen-bond acceptors (Lipinski definition) is 2. The quantitative estimate of drug-likeness (QED) is 0.594. The summed E-state index contributed by atoms with van der Waals surface area (Å²) in [7, 11) is 0. The van der Waals surface area contributed by atoms with Crippen LogP contribution in [0, 0.1) is 0 Å². The molecular formula is C12H12Br2O2. The third kappa shape index (κ3) is 3.09. The molecule has 1 saturated heterocycles. The fourth-order valence-electron chi connectivity index (χ4n) is 1.44. The van der Waals surface area contributed by atoms with Crippen molar-refractivity contribution in [2.45, 2.75) is 18.6 Å². The first-order valence-electron chi connectivity index (χ1n) is 5.05. The summed E-state index contributed by atoms with van der Waals surface area (Å²) in [5.74, 6) is 0.850. The highest BCUT2D eigenvalue weighted by Crippen LogP contribution is 2.29. The first-order chi connectivity index (χ1) is 7.70. The lowest BCUT2D eigenvalue weighted by Gasteiger charge is -2.05. The van der Waals surface area contributed by atoms with Gasteiger partial charge in [-0.25, -0.2) is 0 Å². The fraction of sp³-hybridized carbons (Fsp3) is 0.333. The summed E-state index contributed by atoms with van der Waals surface area (Å²) < 4.78 is 13.1. The van der Waals surface area contributed by atoms with Crippen molar-refractivity contribution in [1.82, 2.24) is 0 Å². The van der Waals surface area contributed by atoms with Crippen LogP contribution in [-0.2, 0) is 4.74 Å². The van der Waals surface area contributed by atoms with Gasteiger partial charge in [-0.2, -0.15) is 0 Å². The minimum Gasteiger partial charge on any atom is -0.491 e. The standard InChI is InChI=1S/C12H12Br2O2/c1-2-3-11-12(16-11)7-15-8-4-5-9(13)10(14)6-8/h2,4-6,11-12H,1,3,7H2. The normalized spacial score (nSPS) is 22.9. The second-order valence-corrected chi connectivity index (χ2v) is 5.33. The molecule has 0 saturated carbocycles. The van der Waals surface area contributed by atoms with Crippen LogP contribution in [0.5, 0.6) is 5.75 Å². The number of ether oxygens (including phenoxy) is 2. The predicted molar refractivity (Wildman–Crippen MR) is 70.8 cm³/mol. The first kappa shape index (κ1) is 12.1. The smallest absolute Gasteiger partial charge is 0.120 e. The molecule has 86 valence electrons. The molecule has 1 aliphatic heterocycles. The van der Waals surface area contributed by atoms with Crippen LogP contribution < -0.4 is 4.74 Å². The molecule has 0 radical (unpaired) electrons. The van der Waals surface area contributed by atoms with Crippen LogP contribution in [0.4, 0.5) is 0 Å². The molecule has 1 aromatic carbocycles. The molecule has 0 aliphatic carbocycles. The highest BCUT2D eigenvalue weighted by atomic mass is 79.9. The summed E-state index contributed by atoms with van der Waals surface area (Å²) in [6.45, 7) is 4.29. The van der Waals surface area contributed by atoms with E-state index < -0.39 is 0 Å². The summed E-state index contributed by atoms with van der Waals surface area (Å²) in [4.78, 5) is 0. The van der Waals surface area contributed by atoms with E-state index in [1.807, 2.05) is 24.3 Å². The Morgan fingerprint density at radius 2 is 2.12 bits per heavy atom. The minimum absolute atomic E-state index is 0.223. The zero-order valence-corrected chi connectivity index (χ0v) is 11.8. The van der Waals surface area contributed by atoms with Gasteiger partial charge >= 0.3 is 0 Å². The van der Waals surface area contributed by atoms with Gasteiger partial charge < -0.3 is 9.47 Å². The maximum absolute atomic E-state index is 5.63. The van der Waals surface area contributed by atoms with Gasteiger partial charge in [-0.3, -0.25) is 0 Å². The van der Waals surface area contributed by atoms with Crippen molar-refractivity contribution < 1.29 is 9.47 Å². The van der Waals surface area contributed by atoms with Crippen molar-refractivity contribution in [3.8, 4) is 5.75 Å². The first-order valence-corrected chi connectivity index (χ1v) is 6.63. The molecule has 2 nitrogen and oxygen atoms in total. The molecule has 2 unspecified atom stereocenters. The van der Waals surface area contributed by atoms with Crippen LogP contribution in [-0.4, -0.2) is 18.8 Å². The monoisotopic (exact) mass is 346 g/mol. The van der Waals surface area contributed by atoms with Crippen LogP contribution in [0.15, 0.2) is 39.8 Å². The van der Waals surface area contributed by atoms with Gasteiger partial charge in [0.15, 0.2) is 0 Å². The van der Waals surface area contributed by atoms with E-state index in [-0.39, 0.29) is 6.10 Å². The average Bonchev–Trinajstić information content (AvgIpc) is 2.99. The molecule has 2 rings (SSSR count). The van der Waals surface area contributed by atoms with Crippen LogP contribution >= 0.6 is 31.9 Å². The average molecular weight is 348 g/mol. The van der Waals surface area contributed by atoms with E-state index in [0.29, 0.717) is 12.7 Å². The zero-order chi connectivity index (χ0) is 11.5. The van der Waals surface area contributed by atoms with Crippen LogP contribution in [0.3, 0.4) is 0 Å². The van der Waals surface area contributed by atoms with Gasteiger partial charge in [0.25, 0.3) is 0 Å². The minimum atomic E-state index is 0.223. The van der Waals surface area contributed by atoms with Crippen molar-refractivity contribution in [1.29, 1.82) is 0 Å². The lowest BCUT2D eigenvalue weighted by atomic mass is 10.2. The molecule has 1 heterocycles. The molecule has 16 heavy (non-hydrogen) atoms. The van der Waals surface area contributed by atoms with Crippen molar-refractivity contribution in [2.24, 2.45) is 0 Å². The van der Waals surface area contributed by atoms with E-state index in [9.17, 15) is 0 Å². The number of halogens is 2. The number of hydrogen-bond donors (Lipinski definition) is 0. The third-order valence-corrected chi connectivity index (χ3v) is 4.27. The lowest BCUT2D eigenvalue weighted by Crippen LogP contribution is -2.07. The van der Waals surface area contributed by atoms with Crippen LogP contribution in [0.2, 0.25) is 0 Å². The van der Waals surface area contributed by atoms with E-state index in [4.69, 9.17) is 9.47 Å². The van der Waals surface area contributed by atoms with Crippen molar-refractivity contribution in [3.05, 3.63) is 39.8 Å². The Bertz CT molecular complexity index is 393. The molecule has 1 aromatic rings. The molecule has 4 heteroatoms. The number of epoxide rings is 1. The summed E-state index contributed by atoms with van der Waals surface area (Å²) in [6.07, 6.45) is 3.30. The van der Waals surface area contributed by atoms with Crippen molar-refractivity contribution in [2.75, 3.05) is 6.61 Å². The Morgan fingerprint density at radius 1 is 1.31 bits per heavy atom. The lowest BCUT2D eigenvalue weighted by molar-refractivity contribution is 0.260. The molecule has 0 bridgehead atoms. The number of benzene rings is 1. The van der Waals surface area contributed by atoms with Crippen LogP contribution in [0.1, 0.15) is 6.42 Å².